The van der Waals surface area contributed by atoms with Gasteiger partial charge in [-0.3, -0.25) is 0 Å². The maximum absolute atomic E-state index is 8.64. The third-order valence-electron chi connectivity index (χ3n) is 5.50. The second-order valence-electron chi connectivity index (χ2n) is 7.27. The molecule has 0 saturated carbocycles. The van der Waals surface area contributed by atoms with Crippen molar-refractivity contribution in [1.82, 2.24) is 0 Å². The molecule has 0 spiro atoms. The quantitative estimate of drug-likeness (QED) is 0.401. The first-order valence-corrected chi connectivity index (χ1v) is 8.24. The van der Waals surface area contributed by atoms with Gasteiger partial charge in [-0.2, -0.15) is 4.57 Å². The van der Waals surface area contributed by atoms with Crippen molar-refractivity contribution in [1.29, 1.82) is 0 Å². The Kier molecular flexibility index (Phi) is 2.68. The summed E-state index contributed by atoms with van der Waals surface area (Å²) in [4.78, 5) is 3.68. The Hall–Kier alpha value is -2.66. The highest BCUT2D eigenvalue weighted by molar-refractivity contribution is 6.02. The van der Waals surface area contributed by atoms with Crippen molar-refractivity contribution in [3.63, 3.8) is 0 Å². The summed E-state index contributed by atoms with van der Waals surface area (Å²) in [6.45, 7) is 16.1. The summed E-state index contributed by atoms with van der Waals surface area (Å²) in [6.07, 6.45) is 0. The summed E-state index contributed by atoms with van der Waals surface area (Å²) in [7, 11) is 2.04. The van der Waals surface area contributed by atoms with Gasteiger partial charge in [0.1, 0.15) is 7.05 Å². The first-order chi connectivity index (χ1) is 11.8. The summed E-state index contributed by atoms with van der Waals surface area (Å²) in [5.74, 6) is 0. The Morgan fingerprint density at radius 1 is 1.17 bits per heavy atom. The molecule has 0 amide bonds. The Morgan fingerprint density at radius 3 is 2.62 bits per heavy atom. The first-order valence-electron chi connectivity index (χ1n) is 8.74. The lowest BCUT2D eigenvalue weighted by molar-refractivity contribution is -0.665. The normalized spacial score (nSPS) is 14.9. The van der Waals surface area contributed by atoms with Crippen LogP contribution in [0.2, 0.25) is 0 Å². The molecular weight excluding hydrogens is 292 g/mol. The monoisotopic (exact) mass is 314 g/mol. The van der Waals surface area contributed by atoms with Gasteiger partial charge in [0.2, 0.25) is 5.69 Å². The lowest BCUT2D eigenvalue weighted by Crippen LogP contribution is -2.38. The molecule has 0 aliphatic heterocycles. The van der Waals surface area contributed by atoms with Gasteiger partial charge in [0.25, 0.3) is 0 Å². The highest BCUT2D eigenvalue weighted by Crippen LogP contribution is 2.49. The predicted octanol–water partition coefficient (Wildman–Crippen LogP) is 5.14. The van der Waals surface area contributed by atoms with Crippen LogP contribution in [0.25, 0.3) is 26.9 Å². The maximum Gasteiger partial charge on any atom is 0.221 e. The molecule has 1 heterocycles. The molecule has 4 rings (SSSR count). The van der Waals surface area contributed by atoms with E-state index < -0.39 is 0 Å². The number of aryl methyl sites for hydroxylation is 1. The largest absolute Gasteiger partial charge is 0.238 e. The third kappa shape index (κ3) is 1.73. The topological polar surface area (TPSA) is 8.24 Å². The molecule has 2 aromatic carbocycles. The van der Waals surface area contributed by atoms with E-state index in [1.54, 1.807) is 0 Å². The Morgan fingerprint density at radius 2 is 1.92 bits per heavy atom. The van der Waals surface area contributed by atoms with E-state index in [-0.39, 0.29) is 5.41 Å². The number of aromatic nitrogens is 1. The Balaban J connectivity index is 2.38. The van der Waals surface area contributed by atoms with Crippen LogP contribution in [-0.2, 0) is 12.5 Å². The number of pyridine rings is 1. The zero-order valence-corrected chi connectivity index (χ0v) is 14.8. The van der Waals surface area contributed by atoms with E-state index >= 15 is 0 Å². The smallest absolute Gasteiger partial charge is 0.221 e. The van der Waals surface area contributed by atoms with Crippen molar-refractivity contribution in [3.8, 4) is 11.3 Å². The first kappa shape index (κ1) is 13.7. The lowest BCUT2D eigenvalue weighted by atomic mass is 9.68. The summed E-state index contributed by atoms with van der Waals surface area (Å²) in [6, 6.07) is 10.9. The van der Waals surface area contributed by atoms with E-state index in [9.17, 15) is 0 Å². The second kappa shape index (κ2) is 4.68. The number of hydrogen-bond acceptors (Lipinski definition) is 0. The fourth-order valence-corrected chi connectivity index (χ4v) is 4.09. The van der Waals surface area contributed by atoms with E-state index in [2.05, 4.69) is 48.4 Å². The molecule has 0 saturated heterocycles. The van der Waals surface area contributed by atoms with Gasteiger partial charge in [0.05, 0.1) is 18.9 Å². The SMILES string of the molecule is [2H]c1c(C)[n+](C)c2c3c(cc([N+]#[C-])cc13)C(C)(C)c1cccc(C)c1-2. The molecule has 0 radical (unpaired) electrons. The number of nitrogens with zero attached hydrogens (tertiary/aromatic N) is 2. The predicted molar refractivity (Wildman–Crippen MR) is 98.4 cm³/mol. The minimum absolute atomic E-state index is 0.206. The molecule has 1 aliphatic rings. The molecule has 3 aromatic rings. The van der Waals surface area contributed by atoms with Crippen LogP contribution in [0.3, 0.4) is 0 Å². The molecule has 0 atom stereocenters. The average molecular weight is 314 g/mol. The summed E-state index contributed by atoms with van der Waals surface area (Å²) >= 11 is 0. The van der Waals surface area contributed by atoms with Crippen molar-refractivity contribution < 1.29 is 5.94 Å². The van der Waals surface area contributed by atoms with Crippen LogP contribution in [0.1, 0.15) is 37.6 Å². The zero-order valence-electron chi connectivity index (χ0n) is 15.8. The lowest BCUT2D eigenvalue weighted by Gasteiger charge is -2.34. The summed E-state index contributed by atoms with van der Waals surface area (Å²) in [5, 5.41) is 2.01. The van der Waals surface area contributed by atoms with Crippen LogP contribution >= 0.6 is 0 Å². The van der Waals surface area contributed by atoms with Crippen LogP contribution in [0.15, 0.2) is 36.4 Å². The van der Waals surface area contributed by atoms with Crippen molar-refractivity contribution in [3.05, 3.63) is 70.2 Å². The Bertz CT molecular complexity index is 1120. The number of rotatable bonds is 0. The van der Waals surface area contributed by atoms with Crippen molar-refractivity contribution in [2.45, 2.75) is 33.1 Å². The van der Waals surface area contributed by atoms with Crippen molar-refractivity contribution in [2.24, 2.45) is 7.05 Å². The Labute approximate surface area is 144 Å². The molecule has 1 aromatic heterocycles. The molecule has 0 bridgehead atoms. The second-order valence-corrected chi connectivity index (χ2v) is 7.27. The summed E-state index contributed by atoms with van der Waals surface area (Å²) < 4.78 is 10.8. The molecule has 1 aliphatic carbocycles. The fraction of sp³-hybridized carbons (Fsp3) is 0.273. The minimum atomic E-state index is -0.206. The zero-order chi connectivity index (χ0) is 18.1. The highest BCUT2D eigenvalue weighted by atomic mass is 14.9. The third-order valence-corrected chi connectivity index (χ3v) is 5.50. The molecular formula is C22H21N2+. The van der Waals surface area contributed by atoms with Crippen LogP contribution in [0, 0.1) is 20.4 Å². The minimum Gasteiger partial charge on any atom is -0.238 e. The summed E-state index contributed by atoms with van der Waals surface area (Å²) in [5.41, 5.74) is 7.45. The van der Waals surface area contributed by atoms with Gasteiger partial charge in [-0.1, -0.05) is 38.1 Å². The maximum atomic E-state index is 8.64. The fourth-order valence-electron chi connectivity index (χ4n) is 4.09. The van der Waals surface area contributed by atoms with E-state index in [1.165, 1.54) is 22.4 Å². The number of benzene rings is 2. The van der Waals surface area contributed by atoms with Gasteiger partial charge >= 0.3 is 0 Å². The van der Waals surface area contributed by atoms with E-state index in [0.29, 0.717) is 11.7 Å². The highest BCUT2D eigenvalue weighted by Gasteiger charge is 2.38. The van der Waals surface area contributed by atoms with Crippen molar-refractivity contribution >= 4 is 16.5 Å². The van der Waals surface area contributed by atoms with Crippen LogP contribution in [0.5, 0.6) is 0 Å². The van der Waals surface area contributed by atoms with E-state index in [1.807, 2.05) is 26.1 Å². The van der Waals surface area contributed by atoms with Gasteiger partial charge in [-0.25, -0.2) is 4.85 Å². The molecule has 2 heteroatoms. The van der Waals surface area contributed by atoms with Crippen LogP contribution < -0.4 is 4.57 Å². The average Bonchev–Trinajstić information content (AvgIpc) is 2.59. The van der Waals surface area contributed by atoms with Crippen LogP contribution in [0.4, 0.5) is 5.69 Å². The van der Waals surface area contributed by atoms with Gasteiger partial charge in [-0.05, 0) is 35.1 Å². The molecule has 24 heavy (non-hydrogen) atoms. The van der Waals surface area contributed by atoms with Gasteiger partial charge in [-0.15, -0.1) is 0 Å². The number of hydrogen-bond donors (Lipinski definition) is 0. The van der Waals surface area contributed by atoms with E-state index in [4.69, 9.17) is 7.94 Å². The van der Waals surface area contributed by atoms with Crippen molar-refractivity contribution in [2.75, 3.05) is 0 Å². The van der Waals surface area contributed by atoms with Crippen LogP contribution in [-0.4, -0.2) is 0 Å². The van der Waals surface area contributed by atoms with E-state index in [0.717, 1.165) is 22.0 Å². The molecule has 0 fully saturated rings. The number of fused-ring (bicyclic) bond motifs is 2. The van der Waals surface area contributed by atoms with Gasteiger partial charge in [0, 0.05) is 18.4 Å². The molecule has 118 valence electrons. The molecule has 0 N–H and O–H groups in total. The molecule has 2 nitrogen and oxygen atoms in total. The van der Waals surface area contributed by atoms with Gasteiger partial charge < -0.3 is 0 Å². The van der Waals surface area contributed by atoms with Gasteiger partial charge in [0.15, 0.2) is 11.4 Å². The standard InChI is InChI=1S/C22H21N2/c1-13-8-7-9-17-19(13)21-20-15(10-14(2)24(21)6)11-16(23-5)12-18(20)22(17,3)4/h7-12H,1-4,6H3/q+1/i10D. The molecule has 0 unspecified atom stereocenters.